The second-order valence-electron chi connectivity index (χ2n) is 5.08. The van der Waals surface area contributed by atoms with Gasteiger partial charge < -0.3 is 5.32 Å². The molecule has 0 amide bonds. The Morgan fingerprint density at radius 3 is 3.00 bits per heavy atom. The lowest BCUT2D eigenvalue weighted by molar-refractivity contribution is 0.464. The summed E-state index contributed by atoms with van der Waals surface area (Å²) in [6.07, 6.45) is 5.32. The van der Waals surface area contributed by atoms with E-state index in [9.17, 15) is 0 Å². The van der Waals surface area contributed by atoms with E-state index >= 15 is 0 Å². The van der Waals surface area contributed by atoms with Crippen LogP contribution in [0, 0.1) is 0 Å². The number of hydrogen-bond acceptors (Lipinski definition) is 3. The maximum Gasteiger partial charge on any atom is 0.160 e. The van der Waals surface area contributed by atoms with Gasteiger partial charge in [0.15, 0.2) is 5.82 Å². The summed E-state index contributed by atoms with van der Waals surface area (Å²) in [5, 5.41) is 4.21. The van der Waals surface area contributed by atoms with Gasteiger partial charge in [0, 0.05) is 29.1 Å². The number of aromatic nitrogens is 2. The molecule has 3 rings (SSSR count). The second-order valence-corrected chi connectivity index (χ2v) is 5.49. The molecule has 0 radical (unpaired) electrons. The molecule has 1 N–H and O–H groups in total. The van der Waals surface area contributed by atoms with E-state index in [0.29, 0.717) is 11.1 Å². The maximum atomic E-state index is 6.23. The molecule has 3 nitrogen and oxygen atoms in total. The van der Waals surface area contributed by atoms with Crippen LogP contribution in [-0.2, 0) is 6.42 Å². The number of hydrogen-bond donors (Lipinski definition) is 1. The topological polar surface area (TPSA) is 37.8 Å². The third-order valence-corrected chi connectivity index (χ3v) is 4.08. The van der Waals surface area contributed by atoms with Crippen molar-refractivity contribution in [2.45, 2.75) is 32.2 Å². The van der Waals surface area contributed by atoms with Crippen molar-refractivity contribution in [1.82, 2.24) is 15.3 Å². The van der Waals surface area contributed by atoms with Crippen molar-refractivity contribution in [3.05, 3.63) is 46.7 Å². The molecule has 1 heterocycles. The number of rotatable bonds is 3. The molecule has 1 aromatic heterocycles. The second kappa shape index (κ2) is 5.90. The first-order valence-electron chi connectivity index (χ1n) is 7.13. The number of fused-ring (bicyclic) bond motifs is 1. The van der Waals surface area contributed by atoms with Crippen molar-refractivity contribution in [2.75, 3.05) is 6.54 Å². The number of benzene rings is 1. The van der Waals surface area contributed by atoms with E-state index in [1.165, 1.54) is 12.0 Å². The van der Waals surface area contributed by atoms with Crippen molar-refractivity contribution in [3.8, 4) is 11.4 Å². The summed E-state index contributed by atoms with van der Waals surface area (Å²) in [5.74, 6) is 0.728. The van der Waals surface area contributed by atoms with Crippen molar-refractivity contribution >= 4 is 11.6 Å². The Bertz CT molecular complexity index is 612. The van der Waals surface area contributed by atoms with Gasteiger partial charge in [0.25, 0.3) is 0 Å². The third kappa shape index (κ3) is 2.56. The highest BCUT2D eigenvalue weighted by molar-refractivity contribution is 6.33. The van der Waals surface area contributed by atoms with E-state index < -0.39 is 0 Å². The van der Waals surface area contributed by atoms with Gasteiger partial charge in [0.1, 0.15) is 0 Å². The average Bonchev–Trinajstić information content (AvgIpc) is 2.48. The van der Waals surface area contributed by atoms with E-state index in [1.54, 1.807) is 0 Å². The van der Waals surface area contributed by atoms with Crippen molar-refractivity contribution < 1.29 is 0 Å². The Labute approximate surface area is 124 Å². The lowest BCUT2D eigenvalue weighted by Crippen LogP contribution is -2.25. The van der Waals surface area contributed by atoms with Crippen molar-refractivity contribution in [1.29, 1.82) is 0 Å². The minimum atomic E-state index is 0.393. The quantitative estimate of drug-likeness (QED) is 0.933. The number of nitrogens with one attached hydrogen (secondary N) is 1. The number of nitrogens with zero attached hydrogens (tertiary/aromatic N) is 2. The van der Waals surface area contributed by atoms with Gasteiger partial charge in [0.2, 0.25) is 0 Å². The van der Waals surface area contributed by atoms with Gasteiger partial charge in [-0.15, -0.1) is 0 Å². The molecule has 0 fully saturated rings. The summed E-state index contributed by atoms with van der Waals surface area (Å²) >= 11 is 6.23. The molecule has 0 bridgehead atoms. The molecule has 1 aliphatic rings. The van der Waals surface area contributed by atoms with E-state index in [1.807, 2.05) is 30.5 Å². The Morgan fingerprint density at radius 1 is 1.35 bits per heavy atom. The van der Waals surface area contributed by atoms with Crippen LogP contribution < -0.4 is 5.32 Å². The first kappa shape index (κ1) is 13.5. The summed E-state index contributed by atoms with van der Waals surface area (Å²) in [5.41, 5.74) is 3.31. The Balaban J connectivity index is 1.99. The molecule has 0 saturated heterocycles. The number of aryl methyl sites for hydroxylation is 1. The van der Waals surface area contributed by atoms with E-state index in [-0.39, 0.29) is 0 Å². The van der Waals surface area contributed by atoms with Crippen molar-refractivity contribution in [3.63, 3.8) is 0 Å². The molecule has 4 heteroatoms. The minimum Gasteiger partial charge on any atom is -0.310 e. The van der Waals surface area contributed by atoms with Crippen LogP contribution in [0.15, 0.2) is 30.5 Å². The fourth-order valence-corrected chi connectivity index (χ4v) is 3.00. The number of halogens is 1. The van der Waals surface area contributed by atoms with Crippen molar-refractivity contribution in [2.24, 2.45) is 0 Å². The van der Waals surface area contributed by atoms with E-state index in [4.69, 9.17) is 16.6 Å². The van der Waals surface area contributed by atoms with Gasteiger partial charge in [-0.25, -0.2) is 9.97 Å². The molecule has 20 heavy (non-hydrogen) atoms. The van der Waals surface area contributed by atoms with Crippen LogP contribution in [-0.4, -0.2) is 16.5 Å². The summed E-state index contributed by atoms with van der Waals surface area (Å²) in [6.45, 7) is 3.10. The van der Waals surface area contributed by atoms with Crippen LogP contribution in [0.25, 0.3) is 11.4 Å². The summed E-state index contributed by atoms with van der Waals surface area (Å²) < 4.78 is 0. The monoisotopic (exact) mass is 287 g/mol. The van der Waals surface area contributed by atoms with Gasteiger partial charge in [-0.2, -0.15) is 0 Å². The molecule has 1 unspecified atom stereocenters. The van der Waals surface area contributed by atoms with E-state index in [2.05, 4.69) is 17.2 Å². The van der Waals surface area contributed by atoms with Crippen LogP contribution in [0.4, 0.5) is 0 Å². The standard InChI is InChI=1S/C16H18ClN3/c1-2-18-14-8-5-9-15-12(14)10-19-16(20-15)11-6-3-4-7-13(11)17/h3-4,6-7,10,14,18H,2,5,8-9H2,1H3. The lowest BCUT2D eigenvalue weighted by atomic mass is 9.92. The Morgan fingerprint density at radius 2 is 2.20 bits per heavy atom. The predicted octanol–water partition coefficient (Wildman–Crippen LogP) is 3.78. The zero-order chi connectivity index (χ0) is 13.9. The van der Waals surface area contributed by atoms with Crippen LogP contribution in [0.5, 0.6) is 0 Å². The molecular weight excluding hydrogens is 270 g/mol. The first-order chi connectivity index (χ1) is 9.79. The van der Waals surface area contributed by atoms with Crippen LogP contribution in [0.1, 0.15) is 37.1 Å². The summed E-state index contributed by atoms with van der Waals surface area (Å²) in [4.78, 5) is 9.26. The SMILES string of the molecule is CCNC1CCCc2nc(-c3ccccc3Cl)ncc21. The molecule has 0 spiro atoms. The summed E-state index contributed by atoms with van der Waals surface area (Å²) in [7, 11) is 0. The molecule has 1 aromatic carbocycles. The molecule has 0 saturated carbocycles. The van der Waals surface area contributed by atoms with Gasteiger partial charge in [-0.05, 0) is 37.9 Å². The molecule has 2 aromatic rings. The fourth-order valence-electron chi connectivity index (χ4n) is 2.78. The minimum absolute atomic E-state index is 0.393. The predicted molar refractivity (Wildman–Crippen MR) is 81.8 cm³/mol. The van der Waals surface area contributed by atoms with Crippen LogP contribution in [0.3, 0.4) is 0 Å². The smallest absolute Gasteiger partial charge is 0.160 e. The Kier molecular flexibility index (Phi) is 3.99. The van der Waals surface area contributed by atoms with Crippen LogP contribution >= 0.6 is 11.6 Å². The van der Waals surface area contributed by atoms with E-state index in [0.717, 1.165) is 36.5 Å². The average molecular weight is 288 g/mol. The van der Waals surface area contributed by atoms with Crippen LogP contribution in [0.2, 0.25) is 5.02 Å². The van der Waals surface area contributed by atoms with Gasteiger partial charge in [-0.3, -0.25) is 0 Å². The molecule has 1 aliphatic carbocycles. The normalized spacial score (nSPS) is 17.8. The Hall–Kier alpha value is -1.45. The highest BCUT2D eigenvalue weighted by atomic mass is 35.5. The fraction of sp³-hybridized carbons (Fsp3) is 0.375. The molecule has 0 aliphatic heterocycles. The lowest BCUT2D eigenvalue weighted by Gasteiger charge is -2.25. The molecular formula is C16H18ClN3. The highest BCUT2D eigenvalue weighted by Crippen LogP contribution is 2.31. The molecule has 104 valence electrons. The van der Waals surface area contributed by atoms with Gasteiger partial charge in [-0.1, -0.05) is 30.7 Å². The van der Waals surface area contributed by atoms with Gasteiger partial charge in [0.05, 0.1) is 5.02 Å². The summed E-state index contributed by atoms with van der Waals surface area (Å²) in [6, 6.07) is 8.12. The molecule has 1 atom stereocenters. The maximum absolute atomic E-state index is 6.23. The third-order valence-electron chi connectivity index (χ3n) is 3.75. The largest absolute Gasteiger partial charge is 0.310 e. The zero-order valence-corrected chi connectivity index (χ0v) is 12.3. The zero-order valence-electron chi connectivity index (χ0n) is 11.6. The highest BCUT2D eigenvalue weighted by Gasteiger charge is 2.21. The van der Waals surface area contributed by atoms with Gasteiger partial charge >= 0.3 is 0 Å². The first-order valence-corrected chi connectivity index (χ1v) is 7.51.